The number of hydrogen-bond acceptors (Lipinski definition) is 5. The Morgan fingerprint density at radius 2 is 1.85 bits per heavy atom. The number of methoxy groups -OCH3 is 1. The lowest BCUT2D eigenvalue weighted by molar-refractivity contribution is 0.411. The van der Waals surface area contributed by atoms with Crippen LogP contribution < -0.4 is 9.64 Å². The molecule has 0 amide bonds. The maximum atomic E-state index is 10.5. The third-order valence-electron chi connectivity index (χ3n) is 4.35. The molecule has 0 fully saturated rings. The van der Waals surface area contributed by atoms with Gasteiger partial charge in [0.25, 0.3) is 0 Å². The van der Waals surface area contributed by atoms with E-state index in [2.05, 4.69) is 4.98 Å². The highest BCUT2D eigenvalue weighted by Crippen LogP contribution is 2.34. The van der Waals surface area contributed by atoms with Gasteiger partial charge in [-0.05, 0) is 48.5 Å². The van der Waals surface area contributed by atoms with E-state index in [-0.39, 0.29) is 18.1 Å². The summed E-state index contributed by atoms with van der Waals surface area (Å²) in [5, 5.41) is 22.2. The molecule has 2 aromatic carbocycles. The smallest absolute Gasteiger partial charge is 0.139 e. The van der Waals surface area contributed by atoms with E-state index in [1.165, 1.54) is 11.3 Å². The molecular weight excluding hydrogens is 382 g/mol. The maximum Gasteiger partial charge on any atom is 0.139 e. The first-order valence-electron chi connectivity index (χ1n) is 8.21. The van der Waals surface area contributed by atoms with Crippen molar-refractivity contribution in [3.8, 4) is 17.0 Å². The zero-order valence-electron chi connectivity index (χ0n) is 14.4. The fourth-order valence-electron chi connectivity index (χ4n) is 2.93. The Hall–Kier alpha value is -2.83. The quantitative estimate of drug-likeness (QED) is 0.631. The second-order valence-corrected chi connectivity index (χ2v) is 7.29. The molecule has 0 unspecified atom stereocenters. The standard InChI is InChI=1S/C20H16ClN3O2S/c1-26-15-8-2-12(3-9-15)16-11-27-20(23-16)18-17(25)10-24(19(18)22)14-6-4-13(21)5-7-14/h2-9,11,22,25H,10H2,1H3. The number of nitrogens with zero attached hydrogens (tertiary/aromatic N) is 2. The lowest BCUT2D eigenvalue weighted by atomic mass is 10.1. The van der Waals surface area contributed by atoms with Crippen LogP contribution in [0.5, 0.6) is 5.75 Å². The van der Waals surface area contributed by atoms with Gasteiger partial charge in [0.05, 0.1) is 24.9 Å². The summed E-state index contributed by atoms with van der Waals surface area (Å²) in [6.45, 7) is 0.243. The van der Waals surface area contributed by atoms with Crippen molar-refractivity contribution >= 4 is 40.0 Å². The van der Waals surface area contributed by atoms with Crippen LogP contribution in [0.25, 0.3) is 16.8 Å². The fraction of sp³-hybridized carbons (Fsp3) is 0.100. The third-order valence-corrected chi connectivity index (χ3v) is 5.46. The van der Waals surface area contributed by atoms with Gasteiger partial charge in [-0.15, -0.1) is 11.3 Å². The van der Waals surface area contributed by atoms with E-state index in [0.717, 1.165) is 22.7 Å². The highest BCUT2D eigenvalue weighted by molar-refractivity contribution is 7.11. The van der Waals surface area contributed by atoms with Gasteiger partial charge in [-0.2, -0.15) is 0 Å². The van der Waals surface area contributed by atoms with Gasteiger partial charge in [0.1, 0.15) is 22.4 Å². The van der Waals surface area contributed by atoms with Crippen molar-refractivity contribution < 1.29 is 9.84 Å². The number of thiazole rings is 1. The van der Waals surface area contributed by atoms with Gasteiger partial charge < -0.3 is 14.7 Å². The number of nitrogens with one attached hydrogen (secondary N) is 1. The summed E-state index contributed by atoms with van der Waals surface area (Å²) in [5.41, 5.74) is 3.03. The third kappa shape index (κ3) is 3.29. The number of aromatic nitrogens is 1. The maximum absolute atomic E-state index is 10.5. The number of benzene rings is 2. The molecule has 0 saturated heterocycles. The van der Waals surface area contributed by atoms with Gasteiger partial charge in [0, 0.05) is 21.7 Å². The Balaban J connectivity index is 1.61. The predicted octanol–water partition coefficient (Wildman–Crippen LogP) is 5.24. The van der Waals surface area contributed by atoms with Crippen molar-refractivity contribution in [3.05, 3.63) is 69.7 Å². The number of hydrogen-bond donors (Lipinski definition) is 2. The Morgan fingerprint density at radius 3 is 2.52 bits per heavy atom. The highest BCUT2D eigenvalue weighted by Gasteiger charge is 2.31. The monoisotopic (exact) mass is 397 g/mol. The van der Waals surface area contributed by atoms with E-state index in [9.17, 15) is 5.11 Å². The van der Waals surface area contributed by atoms with Gasteiger partial charge in [0.15, 0.2) is 0 Å². The summed E-state index contributed by atoms with van der Waals surface area (Å²) >= 11 is 7.35. The minimum atomic E-state index is 0.144. The molecule has 27 heavy (non-hydrogen) atoms. The SMILES string of the molecule is COc1ccc(-c2csc(C3=C(O)CN(c4ccc(Cl)cc4)C3=N)n2)cc1. The van der Waals surface area contributed by atoms with Gasteiger partial charge in [-0.1, -0.05) is 11.6 Å². The molecule has 2 heterocycles. The largest absolute Gasteiger partial charge is 0.510 e. The summed E-state index contributed by atoms with van der Waals surface area (Å²) in [6, 6.07) is 14.8. The number of ether oxygens (including phenoxy) is 1. The molecule has 0 atom stereocenters. The average Bonchev–Trinajstić information content (AvgIpc) is 3.27. The predicted molar refractivity (Wildman–Crippen MR) is 110 cm³/mol. The van der Waals surface area contributed by atoms with Crippen molar-refractivity contribution in [2.75, 3.05) is 18.6 Å². The molecule has 4 rings (SSSR count). The summed E-state index contributed by atoms with van der Waals surface area (Å²) in [6.07, 6.45) is 0. The van der Waals surface area contributed by atoms with E-state index in [1.54, 1.807) is 24.1 Å². The fourth-order valence-corrected chi connectivity index (χ4v) is 3.95. The average molecular weight is 398 g/mol. The number of amidine groups is 1. The zero-order chi connectivity index (χ0) is 19.0. The van der Waals surface area contributed by atoms with Gasteiger partial charge in [-0.25, -0.2) is 4.98 Å². The molecule has 1 aliphatic heterocycles. The molecular formula is C20H16ClN3O2S. The summed E-state index contributed by atoms with van der Waals surface area (Å²) in [5.74, 6) is 1.15. The molecule has 7 heteroatoms. The topological polar surface area (TPSA) is 69.4 Å². The van der Waals surface area contributed by atoms with Crippen molar-refractivity contribution in [3.63, 3.8) is 0 Å². The second-order valence-electron chi connectivity index (χ2n) is 6.00. The highest BCUT2D eigenvalue weighted by atomic mass is 35.5. The molecule has 0 radical (unpaired) electrons. The van der Waals surface area contributed by atoms with E-state index < -0.39 is 0 Å². The van der Waals surface area contributed by atoms with Gasteiger partial charge in [-0.3, -0.25) is 5.41 Å². The summed E-state index contributed by atoms with van der Waals surface area (Å²) < 4.78 is 5.18. The van der Waals surface area contributed by atoms with E-state index in [4.69, 9.17) is 21.7 Å². The number of aliphatic hydroxyl groups is 1. The van der Waals surface area contributed by atoms with Crippen LogP contribution in [0.1, 0.15) is 5.01 Å². The molecule has 0 bridgehead atoms. The first-order valence-corrected chi connectivity index (χ1v) is 9.47. The number of halogens is 1. The Kier molecular flexibility index (Phi) is 4.59. The van der Waals surface area contributed by atoms with Crippen LogP contribution in [0.3, 0.4) is 0 Å². The Bertz CT molecular complexity index is 1030. The Morgan fingerprint density at radius 1 is 1.15 bits per heavy atom. The second kappa shape index (κ2) is 7.06. The van der Waals surface area contributed by atoms with Crippen LogP contribution in [0.4, 0.5) is 5.69 Å². The first-order chi connectivity index (χ1) is 13.1. The molecule has 1 aliphatic rings. The zero-order valence-corrected chi connectivity index (χ0v) is 16.0. The van der Waals surface area contributed by atoms with Crippen LogP contribution >= 0.6 is 22.9 Å². The molecule has 5 nitrogen and oxygen atoms in total. The molecule has 0 saturated carbocycles. The summed E-state index contributed by atoms with van der Waals surface area (Å²) in [4.78, 5) is 6.36. The van der Waals surface area contributed by atoms with Crippen molar-refractivity contribution in [2.45, 2.75) is 0 Å². The molecule has 2 N–H and O–H groups in total. The van der Waals surface area contributed by atoms with E-state index >= 15 is 0 Å². The lowest BCUT2D eigenvalue weighted by Gasteiger charge is -2.18. The van der Waals surface area contributed by atoms with Crippen LogP contribution in [0.2, 0.25) is 5.02 Å². The number of aliphatic hydroxyl groups excluding tert-OH is 1. The first kappa shape index (κ1) is 17.6. The van der Waals surface area contributed by atoms with Crippen LogP contribution in [0.15, 0.2) is 59.7 Å². The van der Waals surface area contributed by atoms with Crippen LogP contribution in [-0.2, 0) is 0 Å². The minimum Gasteiger partial charge on any atom is -0.510 e. The molecule has 1 aromatic heterocycles. The van der Waals surface area contributed by atoms with E-state index in [0.29, 0.717) is 15.6 Å². The molecule has 3 aromatic rings. The van der Waals surface area contributed by atoms with Crippen LogP contribution in [0, 0.1) is 5.41 Å². The minimum absolute atomic E-state index is 0.144. The number of rotatable bonds is 4. The van der Waals surface area contributed by atoms with Crippen molar-refractivity contribution in [2.24, 2.45) is 0 Å². The Labute approximate surface area is 165 Å². The summed E-state index contributed by atoms with van der Waals surface area (Å²) in [7, 11) is 1.63. The van der Waals surface area contributed by atoms with Gasteiger partial charge in [0.2, 0.25) is 0 Å². The van der Waals surface area contributed by atoms with Crippen molar-refractivity contribution in [1.82, 2.24) is 4.98 Å². The van der Waals surface area contributed by atoms with E-state index in [1.807, 2.05) is 41.8 Å². The van der Waals surface area contributed by atoms with Gasteiger partial charge >= 0.3 is 0 Å². The lowest BCUT2D eigenvalue weighted by Crippen LogP contribution is -2.25. The van der Waals surface area contributed by atoms with Crippen LogP contribution in [-0.4, -0.2) is 29.6 Å². The number of anilines is 1. The molecule has 0 spiro atoms. The normalized spacial score (nSPS) is 14.1. The molecule has 0 aliphatic carbocycles. The molecule has 136 valence electrons. The van der Waals surface area contributed by atoms with Crippen molar-refractivity contribution in [1.29, 1.82) is 5.41 Å².